The number of hydrogen-bond acceptors (Lipinski definition) is 6. The Bertz CT molecular complexity index is 181. The van der Waals surface area contributed by atoms with Crippen molar-refractivity contribution in [2.24, 2.45) is 0 Å². The third kappa shape index (κ3) is 22.4. The molecular formula is C8H16O6. The van der Waals surface area contributed by atoms with E-state index in [9.17, 15) is 9.59 Å². The third-order valence-corrected chi connectivity index (χ3v) is 0.538. The van der Waals surface area contributed by atoms with Gasteiger partial charge in [0.05, 0.1) is 0 Å². The first-order chi connectivity index (χ1) is 6.19. The van der Waals surface area contributed by atoms with Crippen molar-refractivity contribution in [2.45, 2.75) is 40.2 Å². The lowest BCUT2D eigenvalue weighted by Crippen LogP contribution is -2.20. The molecule has 0 aliphatic carbocycles. The first-order valence-electron chi connectivity index (χ1n) is 3.87. The van der Waals surface area contributed by atoms with Gasteiger partial charge in [-0.2, -0.15) is 10.1 Å². The van der Waals surface area contributed by atoms with Gasteiger partial charge in [-0.25, -0.2) is 9.59 Å². The summed E-state index contributed by atoms with van der Waals surface area (Å²) < 4.78 is 0. The van der Waals surface area contributed by atoms with Crippen molar-refractivity contribution >= 4 is 11.9 Å². The topological polar surface area (TPSA) is 82.1 Å². The molecule has 0 spiro atoms. The first-order valence-corrected chi connectivity index (χ1v) is 3.87. The van der Waals surface area contributed by atoms with Crippen molar-refractivity contribution in [3.05, 3.63) is 0 Å². The summed E-state index contributed by atoms with van der Waals surface area (Å²) in [7, 11) is 0. The zero-order valence-electron chi connectivity index (χ0n) is 8.99. The van der Waals surface area contributed by atoms with Crippen LogP contribution < -0.4 is 0 Å². The molecule has 0 saturated heterocycles. The highest BCUT2D eigenvalue weighted by atomic mass is 17.2. The van der Waals surface area contributed by atoms with E-state index in [4.69, 9.17) is 5.26 Å². The molecule has 0 aromatic heterocycles. The average Bonchev–Trinajstić information content (AvgIpc) is 2.01. The quantitative estimate of drug-likeness (QED) is 0.516. The van der Waals surface area contributed by atoms with Gasteiger partial charge >= 0.3 is 11.9 Å². The molecule has 0 amide bonds. The summed E-state index contributed by atoms with van der Waals surface area (Å²) in [5, 5.41) is 7.29. The molecule has 84 valence electrons. The summed E-state index contributed by atoms with van der Waals surface area (Å²) in [6.45, 7) is 7.81. The van der Waals surface area contributed by atoms with E-state index in [1.165, 1.54) is 6.92 Å². The van der Waals surface area contributed by atoms with Crippen LogP contribution in [0.1, 0.15) is 34.6 Å². The maximum atomic E-state index is 10.1. The lowest BCUT2D eigenvalue weighted by atomic mass is 10.2. The highest BCUT2D eigenvalue weighted by Gasteiger charge is 2.12. The van der Waals surface area contributed by atoms with Crippen LogP contribution in [0.4, 0.5) is 0 Å². The van der Waals surface area contributed by atoms with Gasteiger partial charge in [0.2, 0.25) is 0 Å². The fraction of sp³-hybridized carbons (Fsp3) is 0.750. The minimum atomic E-state index is -0.690. The summed E-state index contributed by atoms with van der Waals surface area (Å²) in [5.74, 6) is -1.12. The van der Waals surface area contributed by atoms with Crippen molar-refractivity contribution in [3.63, 3.8) is 0 Å². The van der Waals surface area contributed by atoms with Crippen LogP contribution in [-0.4, -0.2) is 22.8 Å². The molecule has 0 unspecified atom stereocenters. The maximum absolute atomic E-state index is 10.1. The molecule has 14 heavy (non-hydrogen) atoms. The lowest BCUT2D eigenvalue weighted by Gasteiger charge is -2.15. The molecule has 0 aliphatic rings. The third-order valence-electron chi connectivity index (χ3n) is 0.538. The van der Waals surface area contributed by atoms with Crippen molar-refractivity contribution in [1.82, 2.24) is 0 Å². The Morgan fingerprint density at radius 3 is 1.50 bits per heavy atom. The van der Waals surface area contributed by atoms with E-state index in [0.717, 1.165) is 6.92 Å². The molecule has 0 rings (SSSR count). The Morgan fingerprint density at radius 2 is 1.43 bits per heavy atom. The van der Waals surface area contributed by atoms with Crippen molar-refractivity contribution in [3.8, 4) is 0 Å². The lowest BCUT2D eigenvalue weighted by molar-refractivity contribution is -0.318. The number of carbonyl (C=O) groups is 2. The van der Waals surface area contributed by atoms with Crippen molar-refractivity contribution in [2.75, 3.05) is 0 Å². The zero-order chi connectivity index (χ0) is 11.8. The fourth-order valence-corrected chi connectivity index (χ4v) is 0.184. The second kappa shape index (κ2) is 7.28. The smallest absolute Gasteiger partial charge is 0.301 e. The second-order valence-electron chi connectivity index (χ2n) is 3.35. The Labute approximate surface area is 82.6 Å². The molecule has 6 nitrogen and oxygen atoms in total. The highest BCUT2D eigenvalue weighted by Crippen LogP contribution is 2.06. The highest BCUT2D eigenvalue weighted by molar-refractivity contribution is 5.65. The van der Waals surface area contributed by atoms with Crippen LogP contribution in [0.25, 0.3) is 0 Å². The molecule has 0 bridgehead atoms. The van der Waals surface area contributed by atoms with Crippen LogP contribution in [-0.2, 0) is 24.3 Å². The normalized spacial score (nSPS) is 9.57. The Hall–Kier alpha value is -1.14. The standard InChI is InChI=1S/C6H12O3.C2H4O3/c1-5(7)8-9-6(2,3)4;1-2(3)5-4/h1-4H3;4H,1H3. The van der Waals surface area contributed by atoms with Gasteiger partial charge in [0.1, 0.15) is 5.60 Å². The van der Waals surface area contributed by atoms with Gasteiger partial charge in [0.25, 0.3) is 0 Å². The maximum Gasteiger partial charge on any atom is 0.339 e. The van der Waals surface area contributed by atoms with Gasteiger partial charge in [-0.1, -0.05) is 0 Å². The monoisotopic (exact) mass is 208 g/mol. The molecule has 0 heterocycles. The molecule has 0 atom stereocenters. The average molecular weight is 208 g/mol. The van der Waals surface area contributed by atoms with Crippen LogP contribution >= 0.6 is 0 Å². The SMILES string of the molecule is CC(=O)OO.CC(=O)OOC(C)(C)C. The van der Waals surface area contributed by atoms with E-state index < -0.39 is 17.5 Å². The largest absolute Gasteiger partial charge is 0.339 e. The molecule has 0 fully saturated rings. The summed E-state index contributed by atoms with van der Waals surface area (Å²) in [6, 6.07) is 0. The zero-order valence-corrected chi connectivity index (χ0v) is 8.99. The van der Waals surface area contributed by atoms with Crippen LogP contribution in [0.3, 0.4) is 0 Å². The van der Waals surface area contributed by atoms with E-state index >= 15 is 0 Å². The number of carbonyl (C=O) groups excluding carboxylic acids is 2. The van der Waals surface area contributed by atoms with Crippen molar-refractivity contribution < 1.29 is 29.5 Å². The Morgan fingerprint density at radius 1 is 1.07 bits per heavy atom. The van der Waals surface area contributed by atoms with Crippen LogP contribution in [0.15, 0.2) is 0 Å². The molecule has 0 aromatic rings. The van der Waals surface area contributed by atoms with Gasteiger partial charge in [0, 0.05) is 13.8 Å². The minimum absolute atomic E-state index is 0.411. The van der Waals surface area contributed by atoms with E-state index in [1.807, 2.05) is 0 Å². The van der Waals surface area contributed by atoms with Crippen LogP contribution in [0.2, 0.25) is 0 Å². The van der Waals surface area contributed by atoms with Crippen LogP contribution in [0, 0.1) is 0 Å². The Kier molecular flexibility index (Phi) is 7.98. The molecule has 0 radical (unpaired) electrons. The molecule has 0 aliphatic heterocycles. The minimum Gasteiger partial charge on any atom is -0.301 e. The summed E-state index contributed by atoms with van der Waals surface area (Å²) >= 11 is 0. The molecule has 1 N–H and O–H groups in total. The number of rotatable bonds is 1. The van der Waals surface area contributed by atoms with Gasteiger partial charge in [0.15, 0.2) is 0 Å². The first kappa shape index (κ1) is 15.3. The molecule has 0 aromatic carbocycles. The molecule has 6 heteroatoms. The van der Waals surface area contributed by atoms with Crippen LogP contribution in [0.5, 0.6) is 0 Å². The summed E-state index contributed by atoms with van der Waals surface area (Å²) in [6.07, 6.45) is 0. The van der Waals surface area contributed by atoms with E-state index in [0.29, 0.717) is 0 Å². The van der Waals surface area contributed by atoms with E-state index in [2.05, 4.69) is 14.7 Å². The molecular weight excluding hydrogens is 192 g/mol. The van der Waals surface area contributed by atoms with Gasteiger partial charge in [-0.3, -0.25) is 4.89 Å². The Balaban J connectivity index is 0. The van der Waals surface area contributed by atoms with Crippen molar-refractivity contribution in [1.29, 1.82) is 0 Å². The second-order valence-corrected chi connectivity index (χ2v) is 3.35. The van der Waals surface area contributed by atoms with Gasteiger partial charge in [-0.05, 0) is 20.8 Å². The van der Waals surface area contributed by atoms with E-state index in [1.54, 1.807) is 20.8 Å². The predicted octanol–water partition coefficient (Wildman–Crippen LogP) is 1.30. The summed E-state index contributed by atoms with van der Waals surface area (Å²) in [5.41, 5.74) is -0.411. The van der Waals surface area contributed by atoms with Gasteiger partial charge < -0.3 is 4.89 Å². The predicted molar refractivity (Wildman–Crippen MR) is 47.0 cm³/mol. The fourth-order valence-electron chi connectivity index (χ4n) is 0.184. The van der Waals surface area contributed by atoms with E-state index in [-0.39, 0.29) is 0 Å². The summed E-state index contributed by atoms with van der Waals surface area (Å²) in [4.78, 5) is 31.5. The van der Waals surface area contributed by atoms with Gasteiger partial charge in [-0.15, -0.1) is 0 Å². The molecule has 0 saturated carbocycles. The number of hydrogen-bond donors (Lipinski definition) is 1.